The molecule has 7 heteroatoms. The minimum atomic E-state index is 0.00828. The molecular formula is C24H27N5O2. The zero-order valence-electron chi connectivity index (χ0n) is 18.1. The zero-order valence-corrected chi connectivity index (χ0v) is 18.1. The molecule has 1 amide bonds. The standard InChI is InChI=1S/C24H27N5O2/c1-16-7-4-9-20(22(16)31-3)23(30)29-12-5-8-18(15-29)21-14-19(13-17(2)27-21)28-24-25-10-6-11-26-24/h4,6-7,9-11,13-14,18H,5,8,12,15H2,1-3H3,(H,25,26,27,28)/t18-/m1/s1. The molecule has 1 aromatic carbocycles. The first kappa shape index (κ1) is 20.8. The number of aryl methyl sites for hydroxylation is 2. The predicted octanol–water partition coefficient (Wildman–Crippen LogP) is 4.26. The number of benzene rings is 1. The number of nitrogens with zero attached hydrogens (tertiary/aromatic N) is 4. The second kappa shape index (κ2) is 9.12. The van der Waals surface area contributed by atoms with Gasteiger partial charge in [-0.25, -0.2) is 9.97 Å². The Kier molecular flexibility index (Phi) is 6.11. The number of likely N-dealkylation sites (tertiary alicyclic amines) is 1. The van der Waals surface area contributed by atoms with Gasteiger partial charge in [0.25, 0.3) is 5.91 Å². The fourth-order valence-electron chi connectivity index (χ4n) is 4.13. The Bertz CT molecular complexity index is 1070. The summed E-state index contributed by atoms with van der Waals surface area (Å²) in [5.41, 5.74) is 4.37. The molecule has 0 bridgehead atoms. The van der Waals surface area contributed by atoms with Gasteiger partial charge in [-0.3, -0.25) is 9.78 Å². The van der Waals surface area contributed by atoms with Gasteiger partial charge in [0.15, 0.2) is 0 Å². The van der Waals surface area contributed by atoms with E-state index in [2.05, 4.69) is 15.3 Å². The van der Waals surface area contributed by atoms with Gasteiger partial charge in [-0.1, -0.05) is 12.1 Å². The summed E-state index contributed by atoms with van der Waals surface area (Å²) in [7, 11) is 1.61. The van der Waals surface area contributed by atoms with E-state index in [1.165, 1.54) is 0 Å². The second-order valence-corrected chi connectivity index (χ2v) is 7.87. The number of para-hydroxylation sites is 1. The number of aromatic nitrogens is 3. The van der Waals surface area contributed by atoms with Crippen molar-refractivity contribution in [2.24, 2.45) is 0 Å². The van der Waals surface area contributed by atoms with Crippen molar-refractivity contribution in [2.45, 2.75) is 32.6 Å². The normalized spacial score (nSPS) is 16.1. The zero-order chi connectivity index (χ0) is 21.8. The number of ether oxygens (including phenoxy) is 1. The lowest BCUT2D eigenvalue weighted by Gasteiger charge is -2.33. The lowest BCUT2D eigenvalue weighted by molar-refractivity contribution is 0.0702. The van der Waals surface area contributed by atoms with E-state index in [1.807, 2.05) is 49.1 Å². The van der Waals surface area contributed by atoms with E-state index in [-0.39, 0.29) is 11.8 Å². The highest BCUT2D eigenvalue weighted by atomic mass is 16.5. The van der Waals surface area contributed by atoms with Gasteiger partial charge in [0, 0.05) is 48.5 Å². The molecule has 0 radical (unpaired) electrons. The van der Waals surface area contributed by atoms with E-state index >= 15 is 0 Å². The molecule has 2 aromatic heterocycles. The van der Waals surface area contributed by atoms with E-state index in [4.69, 9.17) is 9.72 Å². The fraction of sp³-hybridized carbons (Fsp3) is 0.333. The molecule has 0 aliphatic carbocycles. The summed E-state index contributed by atoms with van der Waals surface area (Å²) in [6.45, 7) is 5.30. The third-order valence-electron chi connectivity index (χ3n) is 5.57. The molecule has 1 fully saturated rings. The Morgan fingerprint density at radius 1 is 1.16 bits per heavy atom. The molecule has 0 spiro atoms. The summed E-state index contributed by atoms with van der Waals surface area (Å²) in [4.78, 5) is 28.4. The second-order valence-electron chi connectivity index (χ2n) is 7.87. The van der Waals surface area contributed by atoms with Crippen LogP contribution < -0.4 is 10.1 Å². The Morgan fingerprint density at radius 3 is 2.74 bits per heavy atom. The van der Waals surface area contributed by atoms with Crippen molar-refractivity contribution in [1.82, 2.24) is 19.9 Å². The van der Waals surface area contributed by atoms with Crippen LogP contribution in [0.25, 0.3) is 0 Å². The SMILES string of the molecule is COc1c(C)cccc1C(=O)N1CCC[C@@H](c2cc(Nc3ncccn3)cc(C)n2)C1. The summed E-state index contributed by atoms with van der Waals surface area (Å²) >= 11 is 0. The van der Waals surface area contributed by atoms with Gasteiger partial charge in [-0.05, 0) is 56.5 Å². The van der Waals surface area contributed by atoms with Crippen molar-refractivity contribution in [3.8, 4) is 5.75 Å². The van der Waals surface area contributed by atoms with Crippen LogP contribution in [-0.2, 0) is 0 Å². The molecule has 1 aliphatic heterocycles. The van der Waals surface area contributed by atoms with Crippen molar-refractivity contribution in [3.05, 3.63) is 71.3 Å². The largest absolute Gasteiger partial charge is 0.496 e. The number of carbonyl (C=O) groups excluding carboxylic acids is 1. The molecule has 1 N–H and O–H groups in total. The van der Waals surface area contributed by atoms with Gasteiger partial charge in [0.2, 0.25) is 5.95 Å². The summed E-state index contributed by atoms with van der Waals surface area (Å²) in [5.74, 6) is 1.38. The van der Waals surface area contributed by atoms with Crippen molar-refractivity contribution in [2.75, 3.05) is 25.5 Å². The number of pyridine rings is 1. The van der Waals surface area contributed by atoms with Crippen molar-refractivity contribution in [3.63, 3.8) is 0 Å². The molecule has 0 unspecified atom stereocenters. The number of hydrogen-bond donors (Lipinski definition) is 1. The minimum Gasteiger partial charge on any atom is -0.496 e. The Balaban J connectivity index is 1.55. The smallest absolute Gasteiger partial charge is 0.257 e. The van der Waals surface area contributed by atoms with Gasteiger partial charge in [-0.2, -0.15) is 0 Å². The number of nitrogens with one attached hydrogen (secondary N) is 1. The molecule has 4 rings (SSSR count). The quantitative estimate of drug-likeness (QED) is 0.668. The lowest BCUT2D eigenvalue weighted by Crippen LogP contribution is -2.39. The number of carbonyl (C=O) groups is 1. The third-order valence-corrected chi connectivity index (χ3v) is 5.57. The average Bonchev–Trinajstić information content (AvgIpc) is 2.79. The maximum absolute atomic E-state index is 13.3. The van der Waals surface area contributed by atoms with Gasteiger partial charge in [0.05, 0.1) is 12.7 Å². The first-order valence-corrected chi connectivity index (χ1v) is 10.5. The number of methoxy groups -OCH3 is 1. The molecule has 1 atom stereocenters. The number of piperidine rings is 1. The molecular weight excluding hydrogens is 390 g/mol. The van der Waals surface area contributed by atoms with Gasteiger partial charge < -0.3 is 15.0 Å². The van der Waals surface area contributed by atoms with E-state index in [1.54, 1.807) is 25.6 Å². The number of anilines is 2. The molecule has 3 heterocycles. The Morgan fingerprint density at radius 2 is 1.97 bits per heavy atom. The Hall–Kier alpha value is -3.48. The van der Waals surface area contributed by atoms with Crippen LogP contribution in [0.2, 0.25) is 0 Å². The third kappa shape index (κ3) is 4.66. The van der Waals surface area contributed by atoms with Gasteiger partial charge in [-0.15, -0.1) is 0 Å². The van der Waals surface area contributed by atoms with E-state index < -0.39 is 0 Å². The first-order chi connectivity index (χ1) is 15.0. The fourth-order valence-corrected chi connectivity index (χ4v) is 4.13. The number of hydrogen-bond acceptors (Lipinski definition) is 6. The summed E-state index contributed by atoms with van der Waals surface area (Å²) < 4.78 is 5.51. The minimum absolute atomic E-state index is 0.00828. The number of amides is 1. The molecule has 31 heavy (non-hydrogen) atoms. The average molecular weight is 418 g/mol. The molecule has 160 valence electrons. The monoisotopic (exact) mass is 417 g/mol. The summed E-state index contributed by atoms with van der Waals surface area (Å²) in [5, 5.41) is 3.25. The van der Waals surface area contributed by atoms with Crippen LogP contribution in [0.5, 0.6) is 5.75 Å². The summed E-state index contributed by atoms with van der Waals surface area (Å²) in [6, 6.07) is 11.5. The topological polar surface area (TPSA) is 80.2 Å². The number of rotatable bonds is 5. The van der Waals surface area contributed by atoms with Crippen molar-refractivity contribution < 1.29 is 9.53 Å². The molecule has 0 saturated carbocycles. The van der Waals surface area contributed by atoms with E-state index in [9.17, 15) is 4.79 Å². The predicted molar refractivity (Wildman–Crippen MR) is 120 cm³/mol. The highest BCUT2D eigenvalue weighted by Gasteiger charge is 2.28. The molecule has 7 nitrogen and oxygen atoms in total. The van der Waals surface area contributed by atoms with E-state index in [0.717, 1.165) is 42.0 Å². The van der Waals surface area contributed by atoms with Crippen molar-refractivity contribution in [1.29, 1.82) is 0 Å². The highest BCUT2D eigenvalue weighted by Crippen LogP contribution is 2.31. The van der Waals surface area contributed by atoms with Gasteiger partial charge in [0.1, 0.15) is 5.75 Å². The van der Waals surface area contributed by atoms with Crippen LogP contribution in [0.4, 0.5) is 11.6 Å². The van der Waals surface area contributed by atoms with Gasteiger partial charge >= 0.3 is 0 Å². The lowest BCUT2D eigenvalue weighted by atomic mass is 9.93. The van der Waals surface area contributed by atoms with Crippen molar-refractivity contribution >= 4 is 17.5 Å². The Labute approximate surface area is 182 Å². The van der Waals surface area contributed by atoms with E-state index in [0.29, 0.717) is 23.8 Å². The molecule has 1 saturated heterocycles. The first-order valence-electron chi connectivity index (χ1n) is 10.5. The highest BCUT2D eigenvalue weighted by molar-refractivity contribution is 5.97. The van der Waals surface area contributed by atoms with Crippen LogP contribution in [-0.4, -0.2) is 46.0 Å². The van der Waals surface area contributed by atoms with Crippen LogP contribution >= 0.6 is 0 Å². The van der Waals surface area contributed by atoms with Crippen LogP contribution in [0.1, 0.15) is 46.1 Å². The maximum Gasteiger partial charge on any atom is 0.257 e. The van der Waals surface area contributed by atoms with Crippen LogP contribution in [0.15, 0.2) is 48.8 Å². The summed E-state index contributed by atoms with van der Waals surface area (Å²) in [6.07, 6.45) is 5.33. The molecule has 1 aliphatic rings. The molecule has 3 aromatic rings. The maximum atomic E-state index is 13.3. The van der Waals surface area contributed by atoms with Crippen LogP contribution in [0.3, 0.4) is 0 Å². The van der Waals surface area contributed by atoms with Crippen LogP contribution in [0, 0.1) is 13.8 Å².